The van der Waals surface area contributed by atoms with Crippen LogP contribution in [-0.2, 0) is 19.1 Å². The first-order valence-electron chi connectivity index (χ1n) is 8.22. The summed E-state index contributed by atoms with van der Waals surface area (Å²) in [5, 5.41) is 11.7. The van der Waals surface area contributed by atoms with E-state index in [1.54, 1.807) is 0 Å². The Morgan fingerprint density at radius 2 is 1.83 bits per heavy atom. The summed E-state index contributed by atoms with van der Waals surface area (Å²) in [5.74, 6) is -1.27. The third-order valence-corrected chi connectivity index (χ3v) is 4.07. The fourth-order valence-electron chi connectivity index (χ4n) is 2.96. The number of hydrogen-bond acceptors (Lipinski definition) is 5. The molecule has 0 radical (unpaired) electrons. The van der Waals surface area contributed by atoms with E-state index in [-0.39, 0.29) is 19.4 Å². The van der Waals surface area contributed by atoms with E-state index in [0.717, 1.165) is 32.1 Å². The average Bonchev–Trinajstić information content (AvgIpc) is 2.45. The summed E-state index contributed by atoms with van der Waals surface area (Å²) in [6, 6.07) is 0. The van der Waals surface area contributed by atoms with Crippen LogP contribution in [0.2, 0.25) is 0 Å². The molecule has 1 aliphatic rings. The van der Waals surface area contributed by atoms with Crippen molar-refractivity contribution in [3.05, 3.63) is 0 Å². The summed E-state index contributed by atoms with van der Waals surface area (Å²) in [6.07, 6.45) is 3.90. The molecule has 1 atom stereocenters. The van der Waals surface area contributed by atoms with Crippen LogP contribution in [-0.4, -0.2) is 36.0 Å². The lowest BCUT2D eigenvalue weighted by atomic mass is 9.72. The predicted molar refractivity (Wildman–Crippen MR) is 82.7 cm³/mol. The van der Waals surface area contributed by atoms with E-state index in [1.165, 1.54) is 6.92 Å². The Labute approximate surface area is 136 Å². The number of rotatable bonds is 8. The molecule has 0 aromatic rings. The van der Waals surface area contributed by atoms with Crippen LogP contribution in [0.4, 0.5) is 4.79 Å². The highest BCUT2D eigenvalue weighted by molar-refractivity contribution is 5.71. The fraction of sp³-hybridized carbons (Fsp3) is 0.812. The van der Waals surface area contributed by atoms with E-state index < -0.39 is 29.7 Å². The molecule has 1 aliphatic carbocycles. The van der Waals surface area contributed by atoms with Gasteiger partial charge in [-0.1, -0.05) is 26.2 Å². The van der Waals surface area contributed by atoms with Crippen LogP contribution < -0.4 is 5.32 Å². The van der Waals surface area contributed by atoms with Crippen molar-refractivity contribution in [1.82, 2.24) is 5.32 Å². The number of alkyl carbamates (subject to hydrolysis) is 1. The molecule has 2 N–H and O–H groups in total. The predicted octanol–water partition coefficient (Wildman–Crippen LogP) is 2.83. The minimum atomic E-state index is -0.962. The lowest BCUT2D eigenvalue weighted by Gasteiger charge is -2.36. The highest BCUT2D eigenvalue weighted by Gasteiger charge is 2.35. The second-order valence-electron chi connectivity index (χ2n) is 6.20. The van der Waals surface area contributed by atoms with Crippen LogP contribution in [0.3, 0.4) is 0 Å². The maximum absolute atomic E-state index is 11.8. The zero-order valence-corrected chi connectivity index (χ0v) is 13.9. The molecule has 0 bridgehead atoms. The molecule has 0 saturated heterocycles. The number of nitrogens with one attached hydrogen (secondary N) is 1. The Kier molecular flexibility index (Phi) is 7.85. The molecule has 1 amide bonds. The molecule has 0 aromatic carbocycles. The van der Waals surface area contributed by atoms with Crippen LogP contribution >= 0.6 is 0 Å². The van der Waals surface area contributed by atoms with Gasteiger partial charge in [0, 0.05) is 19.9 Å². The number of hydrogen-bond donors (Lipinski definition) is 2. The molecule has 1 saturated carbocycles. The van der Waals surface area contributed by atoms with Crippen LogP contribution in [0.5, 0.6) is 0 Å². The van der Waals surface area contributed by atoms with E-state index in [9.17, 15) is 14.4 Å². The fourth-order valence-corrected chi connectivity index (χ4v) is 2.96. The number of amides is 1. The topological polar surface area (TPSA) is 102 Å². The van der Waals surface area contributed by atoms with E-state index in [4.69, 9.17) is 14.6 Å². The Balaban J connectivity index is 2.42. The standard InChI is InChI=1S/C16H27NO6/c1-3-7-14(20)22-12(2)23-15(21)17-11-16(10-13(18)19)8-5-4-6-9-16/h12H,3-11H2,1-2H3,(H,17,21)(H,18,19). The van der Waals surface area contributed by atoms with Crippen molar-refractivity contribution < 1.29 is 29.0 Å². The third-order valence-electron chi connectivity index (χ3n) is 4.07. The van der Waals surface area contributed by atoms with Gasteiger partial charge in [0.1, 0.15) is 0 Å². The molecule has 0 heterocycles. The third kappa shape index (κ3) is 7.34. The monoisotopic (exact) mass is 329 g/mol. The van der Waals surface area contributed by atoms with Crippen molar-refractivity contribution in [3.8, 4) is 0 Å². The first-order chi connectivity index (χ1) is 10.9. The van der Waals surface area contributed by atoms with E-state index in [2.05, 4.69) is 5.32 Å². The molecule has 23 heavy (non-hydrogen) atoms. The Morgan fingerprint density at radius 3 is 2.39 bits per heavy atom. The van der Waals surface area contributed by atoms with Crippen LogP contribution in [0.15, 0.2) is 0 Å². The van der Waals surface area contributed by atoms with Gasteiger partial charge in [-0.15, -0.1) is 0 Å². The first kappa shape index (κ1) is 19.3. The second-order valence-corrected chi connectivity index (χ2v) is 6.20. The zero-order chi connectivity index (χ0) is 17.3. The van der Waals surface area contributed by atoms with Crippen LogP contribution in [0.1, 0.15) is 65.2 Å². The van der Waals surface area contributed by atoms with Crippen molar-refractivity contribution in [1.29, 1.82) is 0 Å². The maximum Gasteiger partial charge on any atom is 0.410 e. The van der Waals surface area contributed by atoms with Crippen molar-refractivity contribution in [3.63, 3.8) is 0 Å². The molecule has 0 aromatic heterocycles. The summed E-state index contributed by atoms with van der Waals surface area (Å²) in [7, 11) is 0. The number of carbonyl (C=O) groups excluding carboxylic acids is 2. The van der Waals surface area contributed by atoms with Gasteiger partial charge >= 0.3 is 18.0 Å². The van der Waals surface area contributed by atoms with Gasteiger partial charge in [-0.25, -0.2) is 4.79 Å². The summed E-state index contributed by atoms with van der Waals surface area (Å²) >= 11 is 0. The molecule has 0 aliphatic heterocycles. The van der Waals surface area contributed by atoms with Crippen LogP contribution in [0, 0.1) is 5.41 Å². The van der Waals surface area contributed by atoms with Crippen molar-refractivity contribution >= 4 is 18.0 Å². The number of carboxylic acid groups (broad SMARTS) is 1. The average molecular weight is 329 g/mol. The van der Waals surface area contributed by atoms with E-state index in [0.29, 0.717) is 6.42 Å². The Bertz CT molecular complexity index is 417. The molecule has 1 rings (SSSR count). The van der Waals surface area contributed by atoms with Gasteiger partial charge in [0.05, 0.1) is 6.42 Å². The highest BCUT2D eigenvalue weighted by Crippen LogP contribution is 2.38. The molecular formula is C16H27NO6. The molecule has 7 nitrogen and oxygen atoms in total. The number of ether oxygens (including phenoxy) is 2. The molecule has 1 fully saturated rings. The second kappa shape index (κ2) is 9.37. The number of aliphatic carboxylic acids is 1. The van der Waals surface area contributed by atoms with Gasteiger partial charge in [-0.2, -0.15) is 0 Å². The van der Waals surface area contributed by atoms with E-state index in [1.807, 2.05) is 6.92 Å². The van der Waals surface area contributed by atoms with Gasteiger partial charge in [0.25, 0.3) is 0 Å². The SMILES string of the molecule is CCCC(=O)OC(C)OC(=O)NCC1(CC(=O)O)CCCCC1. The van der Waals surface area contributed by atoms with Gasteiger partial charge < -0.3 is 19.9 Å². The Hall–Kier alpha value is -1.79. The van der Waals surface area contributed by atoms with Crippen LogP contribution in [0.25, 0.3) is 0 Å². The maximum atomic E-state index is 11.8. The number of carbonyl (C=O) groups is 3. The quantitative estimate of drug-likeness (QED) is 0.524. The van der Waals surface area contributed by atoms with Crippen molar-refractivity contribution in [2.45, 2.75) is 71.5 Å². The van der Waals surface area contributed by atoms with E-state index >= 15 is 0 Å². The number of esters is 1. The van der Waals surface area contributed by atoms with Gasteiger partial charge in [0.15, 0.2) is 0 Å². The summed E-state index contributed by atoms with van der Waals surface area (Å²) in [4.78, 5) is 34.2. The summed E-state index contributed by atoms with van der Waals surface area (Å²) in [6.45, 7) is 3.58. The largest absolute Gasteiger partial charge is 0.481 e. The van der Waals surface area contributed by atoms with Crippen molar-refractivity contribution in [2.24, 2.45) is 5.41 Å². The molecule has 7 heteroatoms. The molecule has 1 unspecified atom stereocenters. The smallest absolute Gasteiger partial charge is 0.410 e. The molecule has 132 valence electrons. The lowest BCUT2D eigenvalue weighted by molar-refractivity contribution is -0.165. The lowest BCUT2D eigenvalue weighted by Crippen LogP contribution is -2.41. The zero-order valence-electron chi connectivity index (χ0n) is 13.9. The minimum absolute atomic E-state index is 0.0360. The number of carboxylic acids is 1. The molecule has 0 spiro atoms. The van der Waals surface area contributed by atoms with Crippen molar-refractivity contribution in [2.75, 3.05) is 6.54 Å². The minimum Gasteiger partial charge on any atom is -0.481 e. The highest BCUT2D eigenvalue weighted by atomic mass is 16.7. The normalized spacial score (nSPS) is 17.8. The first-order valence-corrected chi connectivity index (χ1v) is 8.22. The van der Waals surface area contributed by atoms with Gasteiger partial charge in [-0.3, -0.25) is 9.59 Å². The van der Waals surface area contributed by atoms with Gasteiger partial charge in [0.2, 0.25) is 6.29 Å². The van der Waals surface area contributed by atoms with Gasteiger partial charge in [-0.05, 0) is 24.7 Å². The Morgan fingerprint density at radius 1 is 1.17 bits per heavy atom. The summed E-state index contributed by atoms with van der Waals surface area (Å²) in [5.41, 5.74) is -0.411. The molecular weight excluding hydrogens is 302 g/mol. The summed E-state index contributed by atoms with van der Waals surface area (Å²) < 4.78 is 9.89.